The van der Waals surface area contributed by atoms with Crippen LogP contribution in [0.4, 0.5) is 0 Å². The molecular formula is C29H24O4. The van der Waals surface area contributed by atoms with Gasteiger partial charge in [0.05, 0.1) is 11.1 Å². The number of benzene rings is 4. The first-order chi connectivity index (χ1) is 15.9. The van der Waals surface area contributed by atoms with Gasteiger partial charge in [0.2, 0.25) is 0 Å². The molecule has 0 saturated heterocycles. The number of carboxylic acid groups (broad SMARTS) is 2. The number of hydrogen-bond donors (Lipinski definition) is 2. The van der Waals surface area contributed by atoms with Crippen LogP contribution < -0.4 is 0 Å². The third-order valence-corrected chi connectivity index (χ3v) is 5.79. The van der Waals surface area contributed by atoms with Crippen molar-refractivity contribution in [3.05, 3.63) is 108 Å². The van der Waals surface area contributed by atoms with Crippen molar-refractivity contribution in [1.29, 1.82) is 0 Å². The van der Waals surface area contributed by atoms with Crippen LogP contribution >= 0.6 is 0 Å². The zero-order chi connectivity index (χ0) is 23.5. The second-order valence-corrected chi connectivity index (χ2v) is 8.21. The number of aromatic carboxylic acids is 2. The van der Waals surface area contributed by atoms with Gasteiger partial charge in [0.1, 0.15) is 0 Å². The molecule has 4 rings (SSSR count). The Morgan fingerprint density at radius 3 is 1.67 bits per heavy atom. The minimum absolute atomic E-state index is 0.168. The molecule has 4 nitrogen and oxygen atoms in total. The van der Waals surface area contributed by atoms with Crippen LogP contribution in [-0.2, 0) is 0 Å². The van der Waals surface area contributed by atoms with E-state index in [1.807, 2.05) is 36.4 Å². The summed E-state index contributed by atoms with van der Waals surface area (Å²) in [6.07, 6.45) is 0. The van der Waals surface area contributed by atoms with E-state index in [2.05, 4.69) is 19.9 Å². The lowest BCUT2D eigenvalue weighted by atomic mass is 9.82. The number of rotatable bonds is 6. The van der Waals surface area contributed by atoms with Gasteiger partial charge in [-0.2, -0.15) is 0 Å². The maximum Gasteiger partial charge on any atom is 0.336 e. The van der Waals surface area contributed by atoms with Gasteiger partial charge in [0, 0.05) is 0 Å². The van der Waals surface area contributed by atoms with E-state index in [0.29, 0.717) is 22.3 Å². The van der Waals surface area contributed by atoms with Crippen molar-refractivity contribution in [2.45, 2.75) is 19.8 Å². The summed E-state index contributed by atoms with van der Waals surface area (Å²) in [7, 11) is 0. The third kappa shape index (κ3) is 4.28. The average Bonchev–Trinajstić information content (AvgIpc) is 2.83. The Morgan fingerprint density at radius 1 is 0.606 bits per heavy atom. The number of carboxylic acids is 2. The smallest absolute Gasteiger partial charge is 0.336 e. The van der Waals surface area contributed by atoms with E-state index in [1.54, 1.807) is 48.5 Å². The van der Waals surface area contributed by atoms with Crippen LogP contribution in [0.2, 0.25) is 0 Å². The molecule has 0 aliphatic carbocycles. The van der Waals surface area contributed by atoms with E-state index >= 15 is 0 Å². The van der Waals surface area contributed by atoms with Gasteiger partial charge in [-0.3, -0.25) is 0 Å². The predicted molar refractivity (Wildman–Crippen MR) is 131 cm³/mol. The van der Waals surface area contributed by atoms with Crippen LogP contribution in [0, 0.1) is 0 Å². The Morgan fingerprint density at radius 2 is 1.09 bits per heavy atom. The maximum absolute atomic E-state index is 12.1. The lowest BCUT2D eigenvalue weighted by Crippen LogP contribution is -2.05. The molecule has 0 aliphatic heterocycles. The first-order valence-electron chi connectivity index (χ1n) is 10.8. The van der Waals surface area contributed by atoms with Crippen LogP contribution in [0.1, 0.15) is 46.0 Å². The van der Waals surface area contributed by atoms with Gasteiger partial charge in [-0.15, -0.1) is 0 Å². The van der Waals surface area contributed by atoms with Crippen LogP contribution in [-0.4, -0.2) is 22.2 Å². The quantitative estimate of drug-likeness (QED) is 0.335. The van der Waals surface area contributed by atoms with Crippen molar-refractivity contribution in [3.63, 3.8) is 0 Å². The number of hydrogen-bond acceptors (Lipinski definition) is 2. The van der Waals surface area contributed by atoms with Crippen LogP contribution in [0.25, 0.3) is 33.4 Å². The second-order valence-electron chi connectivity index (χ2n) is 8.21. The molecule has 0 bridgehead atoms. The van der Waals surface area contributed by atoms with Crippen molar-refractivity contribution in [2.75, 3.05) is 0 Å². The summed E-state index contributed by atoms with van der Waals surface area (Å²) in [4.78, 5) is 24.2. The zero-order valence-electron chi connectivity index (χ0n) is 18.4. The predicted octanol–water partition coefficient (Wildman–Crippen LogP) is 7.21. The Hall–Kier alpha value is -4.18. The van der Waals surface area contributed by atoms with Crippen LogP contribution in [0.5, 0.6) is 0 Å². The molecule has 4 heteroatoms. The van der Waals surface area contributed by atoms with Crippen LogP contribution in [0.3, 0.4) is 0 Å². The van der Waals surface area contributed by atoms with Crippen molar-refractivity contribution in [1.82, 2.24) is 0 Å². The monoisotopic (exact) mass is 436 g/mol. The molecule has 0 spiro atoms. The van der Waals surface area contributed by atoms with Gasteiger partial charge < -0.3 is 10.2 Å². The second kappa shape index (κ2) is 9.13. The highest BCUT2D eigenvalue weighted by molar-refractivity contribution is 6.06. The van der Waals surface area contributed by atoms with Gasteiger partial charge in [-0.25, -0.2) is 9.59 Å². The van der Waals surface area contributed by atoms with Crippen molar-refractivity contribution < 1.29 is 19.8 Å². The summed E-state index contributed by atoms with van der Waals surface area (Å²) in [5.41, 5.74) is 5.70. The van der Waals surface area contributed by atoms with Crippen molar-refractivity contribution >= 4 is 11.9 Å². The summed E-state index contributed by atoms with van der Waals surface area (Å²) in [6.45, 7) is 4.17. The van der Waals surface area contributed by atoms with E-state index in [4.69, 9.17) is 0 Å². The van der Waals surface area contributed by atoms with Gasteiger partial charge in [-0.05, 0) is 57.0 Å². The van der Waals surface area contributed by atoms with E-state index in [0.717, 1.165) is 16.7 Å². The SMILES string of the molecule is CC(C)c1cc(-c2ccccc2)c(-c2ccccc2C(=O)O)c(-c2ccccc2C(=O)O)c1. The molecule has 4 aromatic carbocycles. The first-order valence-corrected chi connectivity index (χ1v) is 10.8. The normalized spacial score (nSPS) is 10.9. The molecular weight excluding hydrogens is 412 g/mol. The molecule has 0 fully saturated rings. The molecule has 0 unspecified atom stereocenters. The number of carbonyl (C=O) groups is 2. The van der Waals surface area contributed by atoms with E-state index in [-0.39, 0.29) is 17.0 Å². The minimum atomic E-state index is -1.03. The molecule has 164 valence electrons. The Balaban J connectivity index is 2.20. The summed E-state index contributed by atoms with van der Waals surface area (Å²) >= 11 is 0. The lowest BCUT2D eigenvalue weighted by molar-refractivity contribution is 0.0686. The van der Waals surface area contributed by atoms with Gasteiger partial charge >= 0.3 is 11.9 Å². The summed E-state index contributed by atoms with van der Waals surface area (Å²) in [6, 6.07) is 27.6. The fraction of sp³-hybridized carbons (Fsp3) is 0.103. The summed E-state index contributed by atoms with van der Waals surface area (Å²) < 4.78 is 0. The average molecular weight is 437 g/mol. The largest absolute Gasteiger partial charge is 0.478 e. The van der Waals surface area contributed by atoms with Crippen molar-refractivity contribution in [3.8, 4) is 33.4 Å². The maximum atomic E-state index is 12.1. The standard InChI is InChI=1S/C29H24O4/c1-18(2)20-16-25(19-10-4-3-5-11-19)27(22-13-7-9-15-24(22)29(32)33)26(17-20)21-12-6-8-14-23(21)28(30)31/h3-18H,1-2H3,(H,30,31)(H,32,33). The highest BCUT2D eigenvalue weighted by Gasteiger charge is 2.23. The molecule has 0 aromatic heterocycles. The zero-order valence-corrected chi connectivity index (χ0v) is 18.4. The van der Waals surface area contributed by atoms with Gasteiger partial charge in [0.15, 0.2) is 0 Å². The lowest BCUT2D eigenvalue weighted by Gasteiger charge is -2.22. The van der Waals surface area contributed by atoms with E-state index in [9.17, 15) is 19.8 Å². The third-order valence-electron chi connectivity index (χ3n) is 5.79. The molecule has 0 radical (unpaired) electrons. The highest BCUT2D eigenvalue weighted by Crippen LogP contribution is 2.44. The Labute approximate surface area is 192 Å². The van der Waals surface area contributed by atoms with E-state index in [1.165, 1.54) is 0 Å². The Kier molecular flexibility index (Phi) is 6.09. The van der Waals surface area contributed by atoms with E-state index < -0.39 is 11.9 Å². The topological polar surface area (TPSA) is 74.6 Å². The highest BCUT2D eigenvalue weighted by atomic mass is 16.4. The molecule has 0 saturated carbocycles. The first kappa shape index (κ1) is 22.0. The molecule has 0 aliphatic rings. The molecule has 0 amide bonds. The molecule has 33 heavy (non-hydrogen) atoms. The van der Waals surface area contributed by atoms with Crippen LogP contribution in [0.15, 0.2) is 91.0 Å². The fourth-order valence-corrected chi connectivity index (χ4v) is 4.14. The molecule has 2 N–H and O–H groups in total. The minimum Gasteiger partial charge on any atom is -0.478 e. The Bertz CT molecular complexity index is 1340. The fourth-order valence-electron chi connectivity index (χ4n) is 4.14. The molecule has 0 atom stereocenters. The molecule has 4 aromatic rings. The molecule has 0 heterocycles. The van der Waals surface area contributed by atoms with Crippen molar-refractivity contribution in [2.24, 2.45) is 0 Å². The summed E-state index contributed by atoms with van der Waals surface area (Å²) in [5.74, 6) is -1.87. The van der Waals surface area contributed by atoms with Gasteiger partial charge in [-0.1, -0.05) is 92.7 Å². The van der Waals surface area contributed by atoms with Gasteiger partial charge in [0.25, 0.3) is 0 Å². The summed E-state index contributed by atoms with van der Waals surface area (Å²) in [5, 5.41) is 19.8.